The lowest BCUT2D eigenvalue weighted by atomic mass is 9.82. The molecule has 1 aliphatic heterocycles. The molecule has 1 rings (SSSR count). The number of alkyl halides is 5. The fourth-order valence-corrected chi connectivity index (χ4v) is 1.90. The number of nitrogens with one attached hydrogen (secondary N) is 1. The van der Waals surface area contributed by atoms with Gasteiger partial charge in [0.2, 0.25) is 0 Å². The van der Waals surface area contributed by atoms with Crippen LogP contribution in [0.1, 0.15) is 19.8 Å². The third-order valence-electron chi connectivity index (χ3n) is 3.04. The van der Waals surface area contributed by atoms with Crippen LogP contribution in [0.15, 0.2) is 0 Å². The summed E-state index contributed by atoms with van der Waals surface area (Å²) in [6, 6.07) is 0. The van der Waals surface area contributed by atoms with Crippen LogP contribution in [0.3, 0.4) is 0 Å². The molecule has 0 aromatic carbocycles. The number of hydrogen-bond acceptors (Lipinski definition) is 1. The van der Waals surface area contributed by atoms with Crippen molar-refractivity contribution in [3.63, 3.8) is 0 Å². The van der Waals surface area contributed by atoms with E-state index in [1.54, 1.807) is 0 Å². The van der Waals surface area contributed by atoms with E-state index >= 15 is 0 Å². The minimum atomic E-state index is -5.43. The van der Waals surface area contributed by atoms with E-state index in [0.29, 0.717) is 25.9 Å². The van der Waals surface area contributed by atoms with Crippen molar-refractivity contribution >= 4 is 0 Å². The normalized spacial score (nSPS) is 22.8. The Labute approximate surface area is 85.0 Å². The average molecular weight is 231 g/mol. The van der Waals surface area contributed by atoms with Gasteiger partial charge in [0, 0.05) is 5.92 Å². The molecular formula is C9H14F5N. The number of rotatable bonds is 2. The summed E-state index contributed by atoms with van der Waals surface area (Å²) in [7, 11) is 0. The number of halogens is 5. The molecule has 1 aliphatic rings. The monoisotopic (exact) mass is 231 g/mol. The van der Waals surface area contributed by atoms with E-state index in [1.807, 2.05) is 0 Å². The minimum absolute atomic E-state index is 0.382. The SMILES string of the molecule is CC(C1CCNCC1)C(F)(F)C(F)(F)F. The second-order valence-electron chi connectivity index (χ2n) is 4.00. The maximum atomic E-state index is 13.0. The largest absolute Gasteiger partial charge is 0.453 e. The molecule has 0 radical (unpaired) electrons. The Morgan fingerprint density at radius 2 is 1.53 bits per heavy atom. The van der Waals surface area contributed by atoms with Gasteiger partial charge in [0.25, 0.3) is 0 Å². The predicted molar refractivity (Wildman–Crippen MR) is 45.8 cm³/mol. The lowest BCUT2D eigenvalue weighted by Gasteiger charge is -2.34. The zero-order chi connectivity index (χ0) is 11.7. The molecular weight excluding hydrogens is 217 g/mol. The van der Waals surface area contributed by atoms with Crippen LogP contribution in [0, 0.1) is 11.8 Å². The molecule has 0 aromatic rings. The molecule has 6 heteroatoms. The molecule has 0 aliphatic carbocycles. The fourth-order valence-electron chi connectivity index (χ4n) is 1.90. The van der Waals surface area contributed by atoms with Crippen molar-refractivity contribution in [3.8, 4) is 0 Å². The average Bonchev–Trinajstić information content (AvgIpc) is 2.16. The summed E-state index contributed by atoms with van der Waals surface area (Å²) in [5, 5.41) is 2.93. The fraction of sp³-hybridized carbons (Fsp3) is 1.00. The predicted octanol–water partition coefficient (Wildman–Crippen LogP) is 2.82. The van der Waals surface area contributed by atoms with Crippen molar-refractivity contribution in [2.24, 2.45) is 11.8 Å². The molecule has 1 unspecified atom stereocenters. The summed E-state index contributed by atoms with van der Waals surface area (Å²) in [6.07, 6.45) is -4.67. The van der Waals surface area contributed by atoms with Crippen LogP contribution in [0.2, 0.25) is 0 Å². The van der Waals surface area contributed by atoms with Crippen LogP contribution in [0.4, 0.5) is 22.0 Å². The molecule has 1 N–H and O–H groups in total. The van der Waals surface area contributed by atoms with Gasteiger partial charge in [0.05, 0.1) is 0 Å². The van der Waals surface area contributed by atoms with E-state index in [9.17, 15) is 22.0 Å². The zero-order valence-corrected chi connectivity index (χ0v) is 8.37. The minimum Gasteiger partial charge on any atom is -0.317 e. The summed E-state index contributed by atoms with van der Waals surface area (Å²) in [5.41, 5.74) is 0. The van der Waals surface area contributed by atoms with E-state index in [-0.39, 0.29) is 0 Å². The van der Waals surface area contributed by atoms with Crippen LogP contribution in [-0.2, 0) is 0 Å². The Hall–Kier alpha value is -0.390. The molecule has 0 amide bonds. The van der Waals surface area contributed by atoms with Crippen molar-refractivity contribution in [2.75, 3.05) is 13.1 Å². The maximum Gasteiger partial charge on any atom is 0.453 e. The van der Waals surface area contributed by atoms with Crippen LogP contribution < -0.4 is 5.32 Å². The molecule has 0 aromatic heterocycles. The smallest absolute Gasteiger partial charge is 0.317 e. The summed E-state index contributed by atoms with van der Waals surface area (Å²) in [6.45, 7) is 2.02. The first-order valence-corrected chi connectivity index (χ1v) is 4.92. The lowest BCUT2D eigenvalue weighted by Crippen LogP contribution is -2.47. The third kappa shape index (κ3) is 2.59. The van der Waals surface area contributed by atoms with E-state index in [1.165, 1.54) is 0 Å². The first kappa shape index (κ1) is 12.7. The second kappa shape index (κ2) is 4.23. The highest BCUT2D eigenvalue weighted by Gasteiger charge is 2.61. The summed E-state index contributed by atoms with van der Waals surface area (Å²) >= 11 is 0. The standard InChI is InChI=1S/C9H14F5N/c1-6(7-2-4-15-5-3-7)8(10,11)9(12,13)14/h6-7,15H,2-5H2,1H3. The highest BCUT2D eigenvalue weighted by Crippen LogP contribution is 2.45. The van der Waals surface area contributed by atoms with E-state index < -0.39 is 23.9 Å². The van der Waals surface area contributed by atoms with Crippen LogP contribution in [0.25, 0.3) is 0 Å². The van der Waals surface area contributed by atoms with E-state index in [0.717, 1.165) is 6.92 Å². The first-order valence-electron chi connectivity index (χ1n) is 4.92. The molecule has 1 heterocycles. The Balaban J connectivity index is 2.69. The highest BCUT2D eigenvalue weighted by molar-refractivity contribution is 4.87. The quantitative estimate of drug-likeness (QED) is 0.720. The van der Waals surface area contributed by atoms with E-state index in [2.05, 4.69) is 5.32 Å². The molecule has 15 heavy (non-hydrogen) atoms. The first-order chi connectivity index (χ1) is 6.77. The molecule has 0 bridgehead atoms. The van der Waals surface area contributed by atoms with Gasteiger partial charge in [0.1, 0.15) is 0 Å². The maximum absolute atomic E-state index is 13.0. The highest BCUT2D eigenvalue weighted by atomic mass is 19.4. The Morgan fingerprint density at radius 3 is 1.93 bits per heavy atom. The van der Waals surface area contributed by atoms with Crippen molar-refractivity contribution in [1.82, 2.24) is 5.32 Å². The molecule has 1 atom stereocenters. The second-order valence-corrected chi connectivity index (χ2v) is 4.00. The van der Waals surface area contributed by atoms with Crippen molar-refractivity contribution in [3.05, 3.63) is 0 Å². The molecule has 1 fully saturated rings. The van der Waals surface area contributed by atoms with Gasteiger partial charge in [-0.15, -0.1) is 0 Å². The van der Waals surface area contributed by atoms with Gasteiger partial charge in [-0.2, -0.15) is 22.0 Å². The zero-order valence-electron chi connectivity index (χ0n) is 8.37. The Bertz CT molecular complexity index is 207. The third-order valence-corrected chi connectivity index (χ3v) is 3.04. The van der Waals surface area contributed by atoms with Crippen LogP contribution in [-0.4, -0.2) is 25.2 Å². The summed E-state index contributed by atoms with van der Waals surface area (Å²) in [5.74, 6) is -6.77. The van der Waals surface area contributed by atoms with Crippen molar-refractivity contribution < 1.29 is 22.0 Å². The van der Waals surface area contributed by atoms with Gasteiger partial charge in [-0.25, -0.2) is 0 Å². The number of piperidine rings is 1. The van der Waals surface area contributed by atoms with Gasteiger partial charge in [0.15, 0.2) is 0 Å². The van der Waals surface area contributed by atoms with Crippen molar-refractivity contribution in [1.29, 1.82) is 0 Å². The van der Waals surface area contributed by atoms with Gasteiger partial charge in [-0.3, -0.25) is 0 Å². The Kier molecular flexibility index (Phi) is 3.58. The van der Waals surface area contributed by atoms with Crippen LogP contribution >= 0.6 is 0 Å². The number of hydrogen-bond donors (Lipinski definition) is 1. The molecule has 0 spiro atoms. The van der Waals surface area contributed by atoms with Gasteiger partial charge in [-0.1, -0.05) is 6.92 Å². The topological polar surface area (TPSA) is 12.0 Å². The molecule has 1 saturated heterocycles. The molecule has 1 nitrogen and oxygen atoms in total. The van der Waals surface area contributed by atoms with Crippen LogP contribution in [0.5, 0.6) is 0 Å². The molecule has 90 valence electrons. The Morgan fingerprint density at radius 1 is 1.07 bits per heavy atom. The molecule has 0 saturated carbocycles. The van der Waals surface area contributed by atoms with Gasteiger partial charge < -0.3 is 5.32 Å². The van der Waals surface area contributed by atoms with Crippen molar-refractivity contribution in [2.45, 2.75) is 31.9 Å². The van der Waals surface area contributed by atoms with Gasteiger partial charge >= 0.3 is 12.1 Å². The van der Waals surface area contributed by atoms with E-state index in [4.69, 9.17) is 0 Å². The lowest BCUT2D eigenvalue weighted by molar-refractivity contribution is -0.306. The summed E-state index contributed by atoms with van der Waals surface area (Å²) < 4.78 is 62.1. The van der Waals surface area contributed by atoms with Gasteiger partial charge in [-0.05, 0) is 31.8 Å². The summed E-state index contributed by atoms with van der Waals surface area (Å²) in [4.78, 5) is 0.